The monoisotopic (exact) mass is 468 g/mol. The van der Waals surface area contributed by atoms with Crippen LogP contribution in [0.2, 0.25) is 10.0 Å². The van der Waals surface area contributed by atoms with Crippen LogP contribution in [-0.4, -0.2) is 42.5 Å². The van der Waals surface area contributed by atoms with Crippen molar-refractivity contribution in [3.8, 4) is 0 Å². The van der Waals surface area contributed by atoms with E-state index < -0.39 is 32.9 Å². The molecule has 30 heavy (non-hydrogen) atoms. The zero-order valence-corrected chi connectivity index (χ0v) is 18.4. The SMILES string of the molecule is CN(C)S(=O)(=O)Cn1cc(C(=O)O)c(=O)c2cc(Cc3cccc(Cl)c3Cl)ccc21. The first-order valence-corrected chi connectivity index (χ1v) is 11.1. The second-order valence-electron chi connectivity index (χ2n) is 6.91. The summed E-state index contributed by atoms with van der Waals surface area (Å²) < 4.78 is 27.0. The normalized spacial score (nSPS) is 11.9. The van der Waals surface area contributed by atoms with Crippen LogP contribution >= 0.6 is 23.2 Å². The van der Waals surface area contributed by atoms with Crippen LogP contribution < -0.4 is 5.43 Å². The number of benzene rings is 2. The third-order valence-electron chi connectivity index (χ3n) is 4.66. The molecule has 1 aromatic heterocycles. The Kier molecular flexibility index (Phi) is 6.24. The Morgan fingerprint density at radius 3 is 2.50 bits per heavy atom. The number of rotatable bonds is 6. The highest BCUT2D eigenvalue weighted by Gasteiger charge is 2.20. The average molecular weight is 469 g/mol. The maximum atomic E-state index is 12.7. The Hall–Kier alpha value is -2.39. The Labute approximate surface area is 183 Å². The number of pyridine rings is 1. The molecule has 3 rings (SSSR count). The van der Waals surface area contributed by atoms with Crippen molar-refractivity contribution in [2.45, 2.75) is 12.3 Å². The highest BCUT2D eigenvalue weighted by Crippen LogP contribution is 2.28. The van der Waals surface area contributed by atoms with Gasteiger partial charge in [-0.3, -0.25) is 4.79 Å². The number of carboxylic acids is 1. The number of halogens is 2. The number of hydrogen-bond acceptors (Lipinski definition) is 4. The Balaban J connectivity index is 2.18. The average Bonchev–Trinajstić information content (AvgIpc) is 2.67. The summed E-state index contributed by atoms with van der Waals surface area (Å²) in [5.41, 5.74) is 0.572. The highest BCUT2D eigenvalue weighted by atomic mass is 35.5. The van der Waals surface area contributed by atoms with E-state index >= 15 is 0 Å². The number of carbonyl (C=O) groups is 1. The molecule has 0 unspecified atom stereocenters. The Morgan fingerprint density at radius 1 is 1.17 bits per heavy atom. The first kappa shape index (κ1) is 22.3. The van der Waals surface area contributed by atoms with Crippen LogP contribution in [0.15, 0.2) is 47.4 Å². The predicted molar refractivity (Wildman–Crippen MR) is 117 cm³/mol. The van der Waals surface area contributed by atoms with Crippen molar-refractivity contribution in [3.63, 3.8) is 0 Å². The summed E-state index contributed by atoms with van der Waals surface area (Å²) >= 11 is 12.3. The van der Waals surface area contributed by atoms with Crippen LogP contribution in [0.25, 0.3) is 10.9 Å². The van der Waals surface area contributed by atoms with Crippen molar-refractivity contribution < 1.29 is 18.3 Å². The molecule has 1 heterocycles. The maximum Gasteiger partial charge on any atom is 0.341 e. The molecular weight excluding hydrogens is 451 g/mol. The molecule has 158 valence electrons. The van der Waals surface area contributed by atoms with Gasteiger partial charge < -0.3 is 9.67 Å². The first-order valence-electron chi connectivity index (χ1n) is 8.73. The van der Waals surface area contributed by atoms with Crippen molar-refractivity contribution >= 4 is 50.1 Å². The third-order valence-corrected chi connectivity index (χ3v) is 7.23. The van der Waals surface area contributed by atoms with E-state index in [4.69, 9.17) is 23.2 Å². The molecule has 10 heteroatoms. The standard InChI is InChI=1S/C20H18Cl2N2O5S/c1-23(2)30(28,29)11-24-10-15(20(26)27)19(25)14-9-12(6-7-17(14)24)8-13-4-3-5-16(21)18(13)22/h3-7,9-10H,8,11H2,1-2H3,(H,26,27). The van der Waals surface area contributed by atoms with Gasteiger partial charge in [0, 0.05) is 25.7 Å². The molecule has 3 aromatic rings. The topological polar surface area (TPSA) is 96.7 Å². The van der Waals surface area contributed by atoms with E-state index in [9.17, 15) is 23.1 Å². The lowest BCUT2D eigenvalue weighted by atomic mass is 10.0. The highest BCUT2D eigenvalue weighted by molar-refractivity contribution is 7.88. The second-order valence-corrected chi connectivity index (χ2v) is 9.85. The van der Waals surface area contributed by atoms with Crippen LogP contribution in [0.4, 0.5) is 0 Å². The summed E-state index contributed by atoms with van der Waals surface area (Å²) in [5.74, 6) is -1.93. The van der Waals surface area contributed by atoms with Gasteiger partial charge in [-0.05, 0) is 35.7 Å². The van der Waals surface area contributed by atoms with Crippen LogP contribution in [-0.2, 0) is 22.3 Å². The fourth-order valence-electron chi connectivity index (χ4n) is 3.01. The summed E-state index contributed by atoms with van der Waals surface area (Å²) in [4.78, 5) is 24.3. The number of nitrogens with zero attached hydrogens (tertiary/aromatic N) is 2. The Bertz CT molecular complexity index is 1320. The van der Waals surface area contributed by atoms with E-state index in [0.29, 0.717) is 27.5 Å². The molecule has 0 bridgehead atoms. The van der Waals surface area contributed by atoms with Gasteiger partial charge in [0.1, 0.15) is 11.4 Å². The van der Waals surface area contributed by atoms with Crippen molar-refractivity contribution in [2.24, 2.45) is 0 Å². The van der Waals surface area contributed by atoms with Crippen molar-refractivity contribution in [3.05, 3.63) is 79.6 Å². The first-order chi connectivity index (χ1) is 14.0. The number of hydrogen-bond donors (Lipinski definition) is 1. The molecule has 0 saturated heterocycles. The van der Waals surface area contributed by atoms with Gasteiger partial charge in [0.15, 0.2) is 0 Å². The van der Waals surface area contributed by atoms with Crippen LogP contribution in [0.1, 0.15) is 21.5 Å². The lowest BCUT2D eigenvalue weighted by Crippen LogP contribution is -2.28. The van der Waals surface area contributed by atoms with Gasteiger partial charge in [-0.2, -0.15) is 0 Å². The summed E-state index contributed by atoms with van der Waals surface area (Å²) in [6.45, 7) is 0. The van der Waals surface area contributed by atoms with E-state index in [1.165, 1.54) is 18.7 Å². The van der Waals surface area contributed by atoms with Gasteiger partial charge in [-0.1, -0.05) is 41.4 Å². The smallest absolute Gasteiger partial charge is 0.341 e. The molecule has 0 aliphatic heterocycles. The number of aromatic carboxylic acids is 1. The molecule has 0 fully saturated rings. The van der Waals surface area contributed by atoms with Crippen LogP contribution in [0.5, 0.6) is 0 Å². The fraction of sp³-hybridized carbons (Fsp3) is 0.200. The molecule has 0 spiro atoms. The lowest BCUT2D eigenvalue weighted by molar-refractivity contribution is 0.0695. The lowest BCUT2D eigenvalue weighted by Gasteiger charge is -2.16. The molecule has 7 nitrogen and oxygen atoms in total. The molecule has 0 amide bonds. The van der Waals surface area contributed by atoms with Crippen molar-refractivity contribution in [1.29, 1.82) is 0 Å². The zero-order valence-electron chi connectivity index (χ0n) is 16.1. The third kappa shape index (κ3) is 4.37. The van der Waals surface area contributed by atoms with Crippen molar-refractivity contribution in [1.82, 2.24) is 8.87 Å². The minimum Gasteiger partial charge on any atom is -0.477 e. The zero-order chi connectivity index (χ0) is 22.2. The predicted octanol–water partition coefficient (Wildman–Crippen LogP) is 3.45. The number of fused-ring (bicyclic) bond motifs is 1. The summed E-state index contributed by atoms with van der Waals surface area (Å²) in [5, 5.41) is 10.3. The van der Waals surface area contributed by atoms with Gasteiger partial charge in [0.05, 0.1) is 15.6 Å². The second kappa shape index (κ2) is 8.39. The summed E-state index contributed by atoms with van der Waals surface area (Å²) in [7, 11) is -0.938. The molecule has 0 aliphatic carbocycles. The fourth-order valence-corrected chi connectivity index (χ4v) is 4.19. The molecule has 0 saturated carbocycles. The van der Waals surface area contributed by atoms with Crippen LogP contribution in [0.3, 0.4) is 0 Å². The molecule has 0 aliphatic rings. The van der Waals surface area contributed by atoms with Gasteiger partial charge in [0.25, 0.3) is 0 Å². The van der Waals surface area contributed by atoms with Gasteiger partial charge in [-0.15, -0.1) is 0 Å². The van der Waals surface area contributed by atoms with E-state index in [1.54, 1.807) is 36.4 Å². The minimum absolute atomic E-state index is 0.111. The number of aromatic nitrogens is 1. The van der Waals surface area contributed by atoms with Crippen molar-refractivity contribution in [2.75, 3.05) is 14.1 Å². The maximum absolute atomic E-state index is 12.7. The van der Waals surface area contributed by atoms with Crippen LogP contribution in [0, 0.1) is 0 Å². The molecule has 0 atom stereocenters. The van der Waals surface area contributed by atoms with E-state index in [0.717, 1.165) is 16.1 Å². The van der Waals surface area contributed by atoms with E-state index in [-0.39, 0.29) is 5.39 Å². The molecule has 0 radical (unpaired) electrons. The minimum atomic E-state index is -3.70. The number of sulfonamides is 1. The number of carboxylic acid groups (broad SMARTS) is 1. The van der Waals surface area contributed by atoms with Gasteiger partial charge in [-0.25, -0.2) is 17.5 Å². The van der Waals surface area contributed by atoms with Gasteiger partial charge in [0.2, 0.25) is 15.5 Å². The Morgan fingerprint density at radius 2 is 1.87 bits per heavy atom. The largest absolute Gasteiger partial charge is 0.477 e. The van der Waals surface area contributed by atoms with Gasteiger partial charge >= 0.3 is 5.97 Å². The molecular formula is C20H18Cl2N2O5S. The van der Waals surface area contributed by atoms with E-state index in [1.807, 2.05) is 0 Å². The molecule has 2 aromatic carbocycles. The molecule has 1 N–H and O–H groups in total. The summed E-state index contributed by atoms with van der Waals surface area (Å²) in [6, 6.07) is 10.1. The summed E-state index contributed by atoms with van der Waals surface area (Å²) in [6.07, 6.45) is 1.42. The quantitative estimate of drug-likeness (QED) is 0.597. The van der Waals surface area contributed by atoms with E-state index in [2.05, 4.69) is 0 Å².